The van der Waals surface area contributed by atoms with Crippen molar-refractivity contribution >= 4 is 17.4 Å². The highest BCUT2D eigenvalue weighted by Crippen LogP contribution is 2.26. The molecule has 2 rings (SSSR count). The molecule has 1 aromatic carbocycles. The van der Waals surface area contributed by atoms with Gasteiger partial charge in [0.05, 0.1) is 12.8 Å². The number of pyridine rings is 1. The van der Waals surface area contributed by atoms with Crippen LogP contribution in [0.4, 0.5) is 5.69 Å². The molecule has 2 N–H and O–H groups in total. The molecule has 0 aliphatic rings. The molecule has 2 aromatic rings. The van der Waals surface area contributed by atoms with Gasteiger partial charge < -0.3 is 15.2 Å². The van der Waals surface area contributed by atoms with Crippen LogP contribution in [0.5, 0.6) is 17.5 Å². The number of anilines is 1. The van der Waals surface area contributed by atoms with Gasteiger partial charge in [-0.25, -0.2) is 0 Å². The molecule has 0 unspecified atom stereocenters. The standard InChI is InChI=1S/C13H14N2O2S/c1-16-13-11(14)7-8-12(15-13)17-9-3-5-10(18-2)6-4-9/h3-8H,14H2,1-2H3. The lowest BCUT2D eigenvalue weighted by Gasteiger charge is -2.08. The lowest BCUT2D eigenvalue weighted by molar-refractivity contribution is 0.385. The normalized spacial score (nSPS) is 10.1. The van der Waals surface area contributed by atoms with E-state index in [1.807, 2.05) is 30.5 Å². The fraction of sp³-hybridized carbons (Fsp3) is 0.154. The van der Waals surface area contributed by atoms with E-state index in [0.717, 1.165) is 5.75 Å². The van der Waals surface area contributed by atoms with Gasteiger partial charge >= 0.3 is 0 Å². The van der Waals surface area contributed by atoms with E-state index in [-0.39, 0.29) is 0 Å². The van der Waals surface area contributed by atoms with Crippen LogP contribution in [0, 0.1) is 0 Å². The van der Waals surface area contributed by atoms with Gasteiger partial charge in [-0.05, 0) is 36.6 Å². The summed E-state index contributed by atoms with van der Waals surface area (Å²) < 4.78 is 10.7. The number of hydrogen-bond acceptors (Lipinski definition) is 5. The zero-order chi connectivity index (χ0) is 13.0. The summed E-state index contributed by atoms with van der Waals surface area (Å²) >= 11 is 1.68. The maximum Gasteiger partial charge on any atom is 0.240 e. The second-order valence-corrected chi connectivity index (χ2v) is 4.41. The summed E-state index contributed by atoms with van der Waals surface area (Å²) in [5.41, 5.74) is 6.17. The molecule has 94 valence electrons. The Balaban J connectivity index is 2.17. The van der Waals surface area contributed by atoms with E-state index in [1.165, 1.54) is 12.0 Å². The Bertz CT molecular complexity index is 529. The molecule has 0 fully saturated rings. The SMILES string of the molecule is COc1nc(Oc2ccc(SC)cc2)ccc1N. The molecule has 0 aliphatic heterocycles. The summed E-state index contributed by atoms with van der Waals surface area (Å²) in [7, 11) is 1.52. The Morgan fingerprint density at radius 3 is 2.44 bits per heavy atom. The van der Waals surface area contributed by atoms with Gasteiger partial charge in [0.2, 0.25) is 11.8 Å². The second-order valence-electron chi connectivity index (χ2n) is 3.53. The highest BCUT2D eigenvalue weighted by molar-refractivity contribution is 7.98. The lowest BCUT2D eigenvalue weighted by atomic mass is 10.3. The molecule has 0 amide bonds. The summed E-state index contributed by atoms with van der Waals surface area (Å²) in [6, 6.07) is 11.2. The van der Waals surface area contributed by atoms with Crippen molar-refractivity contribution in [3.05, 3.63) is 36.4 Å². The molecule has 0 radical (unpaired) electrons. The predicted octanol–water partition coefficient (Wildman–Crippen LogP) is 3.19. The molecule has 1 aromatic heterocycles. The largest absolute Gasteiger partial charge is 0.479 e. The first-order valence-electron chi connectivity index (χ1n) is 5.35. The lowest BCUT2D eigenvalue weighted by Crippen LogP contribution is -1.96. The number of methoxy groups -OCH3 is 1. The van der Waals surface area contributed by atoms with E-state index in [0.29, 0.717) is 17.4 Å². The molecule has 5 heteroatoms. The highest BCUT2D eigenvalue weighted by atomic mass is 32.2. The van der Waals surface area contributed by atoms with Crippen LogP contribution >= 0.6 is 11.8 Å². The smallest absolute Gasteiger partial charge is 0.240 e. The zero-order valence-corrected chi connectivity index (χ0v) is 11.0. The molecule has 1 heterocycles. The molecule has 4 nitrogen and oxygen atoms in total. The third-order valence-corrected chi connectivity index (χ3v) is 3.08. The maximum absolute atomic E-state index is 5.69. The van der Waals surface area contributed by atoms with Crippen LogP contribution in [0.15, 0.2) is 41.3 Å². The molecular formula is C13H14N2O2S. The van der Waals surface area contributed by atoms with Crippen LogP contribution in [0.1, 0.15) is 0 Å². The van der Waals surface area contributed by atoms with Gasteiger partial charge in [-0.3, -0.25) is 0 Å². The number of ether oxygens (including phenoxy) is 2. The number of benzene rings is 1. The van der Waals surface area contributed by atoms with Crippen LogP contribution < -0.4 is 15.2 Å². The van der Waals surface area contributed by atoms with Crippen molar-refractivity contribution in [1.29, 1.82) is 0 Å². The van der Waals surface area contributed by atoms with E-state index >= 15 is 0 Å². The first kappa shape index (κ1) is 12.6. The molecule has 0 atom stereocenters. The van der Waals surface area contributed by atoms with Gasteiger partial charge in [0.1, 0.15) is 5.75 Å². The second kappa shape index (κ2) is 5.64. The number of nitrogen functional groups attached to an aromatic ring is 1. The van der Waals surface area contributed by atoms with Crippen molar-refractivity contribution < 1.29 is 9.47 Å². The van der Waals surface area contributed by atoms with Gasteiger partial charge in [-0.15, -0.1) is 11.8 Å². The van der Waals surface area contributed by atoms with E-state index in [2.05, 4.69) is 4.98 Å². The first-order chi connectivity index (χ1) is 8.72. The number of rotatable bonds is 4. The Kier molecular flexibility index (Phi) is 3.94. The average Bonchev–Trinajstić information content (AvgIpc) is 2.42. The van der Waals surface area contributed by atoms with E-state index < -0.39 is 0 Å². The first-order valence-corrected chi connectivity index (χ1v) is 6.58. The van der Waals surface area contributed by atoms with Crippen LogP contribution in [-0.4, -0.2) is 18.3 Å². The van der Waals surface area contributed by atoms with Crippen LogP contribution in [-0.2, 0) is 0 Å². The fourth-order valence-corrected chi connectivity index (χ4v) is 1.83. The van der Waals surface area contributed by atoms with Crippen molar-refractivity contribution in [3.8, 4) is 17.5 Å². The topological polar surface area (TPSA) is 57.4 Å². The highest BCUT2D eigenvalue weighted by Gasteiger charge is 2.04. The van der Waals surface area contributed by atoms with Crippen molar-refractivity contribution in [2.45, 2.75) is 4.90 Å². The van der Waals surface area contributed by atoms with Crippen LogP contribution in [0.25, 0.3) is 0 Å². The Hall–Kier alpha value is -1.88. The maximum atomic E-state index is 5.69. The summed E-state index contributed by atoms with van der Waals surface area (Å²) in [4.78, 5) is 5.34. The summed E-state index contributed by atoms with van der Waals surface area (Å²) in [6.45, 7) is 0. The van der Waals surface area contributed by atoms with Crippen molar-refractivity contribution in [3.63, 3.8) is 0 Å². The zero-order valence-electron chi connectivity index (χ0n) is 10.2. The minimum Gasteiger partial charge on any atom is -0.479 e. The van der Waals surface area contributed by atoms with Gasteiger partial charge in [0, 0.05) is 11.0 Å². The third kappa shape index (κ3) is 2.87. The van der Waals surface area contributed by atoms with Crippen molar-refractivity contribution in [2.75, 3.05) is 19.1 Å². The number of thioether (sulfide) groups is 1. The molecular weight excluding hydrogens is 248 g/mol. The minimum atomic E-state index is 0.369. The quantitative estimate of drug-likeness (QED) is 0.857. The van der Waals surface area contributed by atoms with Crippen molar-refractivity contribution in [1.82, 2.24) is 4.98 Å². The number of nitrogens with zero attached hydrogens (tertiary/aromatic N) is 1. The van der Waals surface area contributed by atoms with Gasteiger partial charge in [-0.2, -0.15) is 4.98 Å². The molecule has 18 heavy (non-hydrogen) atoms. The average molecular weight is 262 g/mol. The van der Waals surface area contributed by atoms with E-state index in [4.69, 9.17) is 15.2 Å². The molecule has 0 saturated heterocycles. The molecule has 0 saturated carbocycles. The van der Waals surface area contributed by atoms with E-state index in [9.17, 15) is 0 Å². The number of aromatic nitrogens is 1. The number of nitrogens with two attached hydrogens (primary N) is 1. The Morgan fingerprint density at radius 1 is 1.11 bits per heavy atom. The van der Waals surface area contributed by atoms with E-state index in [1.54, 1.807) is 23.9 Å². The summed E-state index contributed by atoms with van der Waals surface area (Å²) in [5, 5.41) is 0. The van der Waals surface area contributed by atoms with Gasteiger partial charge in [0.25, 0.3) is 0 Å². The van der Waals surface area contributed by atoms with Crippen molar-refractivity contribution in [2.24, 2.45) is 0 Å². The predicted molar refractivity (Wildman–Crippen MR) is 73.5 cm³/mol. The van der Waals surface area contributed by atoms with Crippen LogP contribution in [0.3, 0.4) is 0 Å². The molecule has 0 aliphatic carbocycles. The molecule has 0 spiro atoms. The number of hydrogen-bond donors (Lipinski definition) is 1. The third-order valence-electron chi connectivity index (χ3n) is 2.34. The fourth-order valence-electron chi connectivity index (χ4n) is 1.42. The Morgan fingerprint density at radius 2 is 1.83 bits per heavy atom. The van der Waals surface area contributed by atoms with Crippen LogP contribution in [0.2, 0.25) is 0 Å². The Labute approximate surface area is 110 Å². The summed E-state index contributed by atoms with van der Waals surface area (Å²) in [5.74, 6) is 1.55. The monoisotopic (exact) mass is 262 g/mol. The minimum absolute atomic E-state index is 0.369. The summed E-state index contributed by atoms with van der Waals surface area (Å²) in [6.07, 6.45) is 2.03. The van der Waals surface area contributed by atoms with Gasteiger partial charge in [-0.1, -0.05) is 0 Å². The molecule has 0 bridgehead atoms. The van der Waals surface area contributed by atoms with Gasteiger partial charge in [0.15, 0.2) is 0 Å².